The van der Waals surface area contributed by atoms with Gasteiger partial charge in [-0.25, -0.2) is 14.4 Å². The Morgan fingerprint density at radius 1 is 1.53 bits per heavy atom. The Morgan fingerprint density at radius 3 is 2.79 bits per heavy atom. The molecular formula is C12H13F2N5. The zero-order chi connectivity index (χ0) is 14.2. The molecule has 0 radical (unpaired) electrons. The van der Waals surface area contributed by atoms with Crippen molar-refractivity contribution in [3.63, 3.8) is 0 Å². The minimum atomic E-state index is -0.957. The summed E-state index contributed by atoms with van der Waals surface area (Å²) < 4.78 is 28.8. The van der Waals surface area contributed by atoms with E-state index in [4.69, 9.17) is 11.1 Å². The van der Waals surface area contributed by atoms with E-state index in [0.29, 0.717) is 11.7 Å². The van der Waals surface area contributed by atoms with E-state index in [1.807, 2.05) is 13.8 Å². The highest BCUT2D eigenvalue weighted by molar-refractivity contribution is 6.08. The van der Waals surface area contributed by atoms with Crippen LogP contribution in [0, 0.1) is 11.4 Å². The summed E-state index contributed by atoms with van der Waals surface area (Å²) in [5.41, 5.74) is 4.89. The smallest absolute Gasteiger partial charge is 0.241 e. The quantitative estimate of drug-likeness (QED) is 0.660. The van der Waals surface area contributed by atoms with Gasteiger partial charge in [-0.05, 0) is 19.9 Å². The second-order valence-corrected chi connectivity index (χ2v) is 4.30. The van der Waals surface area contributed by atoms with E-state index >= 15 is 0 Å². The van der Waals surface area contributed by atoms with E-state index in [-0.39, 0.29) is 17.3 Å². The lowest BCUT2D eigenvalue weighted by atomic mass is 10.2. The Balaban J connectivity index is 2.66. The molecule has 0 aliphatic rings. The summed E-state index contributed by atoms with van der Waals surface area (Å²) >= 11 is 0. The van der Waals surface area contributed by atoms with Gasteiger partial charge in [-0.1, -0.05) is 0 Å². The first-order chi connectivity index (χ1) is 8.95. The number of pyridine rings is 1. The average Bonchev–Trinajstić information content (AvgIpc) is 2.81. The maximum atomic E-state index is 13.8. The minimum Gasteiger partial charge on any atom is -0.402 e. The molecule has 0 aromatic carbocycles. The van der Waals surface area contributed by atoms with Crippen LogP contribution in [0.1, 0.15) is 25.6 Å². The number of imidazole rings is 1. The van der Waals surface area contributed by atoms with Crippen LogP contribution in [0.25, 0.3) is 11.0 Å². The number of rotatable bonds is 3. The molecule has 3 N–H and O–H groups in total. The molecule has 2 aromatic rings. The predicted molar refractivity (Wildman–Crippen MR) is 68.1 cm³/mol. The second kappa shape index (κ2) is 4.75. The summed E-state index contributed by atoms with van der Waals surface area (Å²) in [6.07, 6.45) is 2.13. The fourth-order valence-electron chi connectivity index (χ4n) is 1.74. The van der Waals surface area contributed by atoms with E-state index in [9.17, 15) is 8.78 Å². The molecule has 0 saturated heterocycles. The van der Waals surface area contributed by atoms with E-state index in [1.165, 1.54) is 12.4 Å². The second-order valence-electron chi connectivity index (χ2n) is 4.30. The first kappa shape index (κ1) is 13.1. The molecule has 0 spiro atoms. The zero-order valence-electron chi connectivity index (χ0n) is 10.5. The van der Waals surface area contributed by atoms with Crippen molar-refractivity contribution in [3.8, 4) is 0 Å². The van der Waals surface area contributed by atoms with Crippen LogP contribution in [0.2, 0.25) is 0 Å². The van der Waals surface area contributed by atoms with Gasteiger partial charge in [-0.3, -0.25) is 5.41 Å². The largest absolute Gasteiger partial charge is 0.402 e. The molecule has 2 aromatic heterocycles. The third kappa shape index (κ3) is 2.18. The molecule has 19 heavy (non-hydrogen) atoms. The molecule has 2 rings (SSSR count). The maximum absolute atomic E-state index is 13.8. The van der Waals surface area contributed by atoms with Crippen molar-refractivity contribution in [2.24, 2.45) is 5.73 Å². The average molecular weight is 265 g/mol. The lowest BCUT2D eigenvalue weighted by Gasteiger charge is -2.09. The Kier molecular flexibility index (Phi) is 3.28. The van der Waals surface area contributed by atoms with Crippen molar-refractivity contribution < 1.29 is 8.78 Å². The molecule has 0 saturated carbocycles. The molecule has 0 unspecified atom stereocenters. The van der Waals surface area contributed by atoms with Crippen LogP contribution in [0.4, 0.5) is 8.78 Å². The molecule has 0 amide bonds. The van der Waals surface area contributed by atoms with Crippen molar-refractivity contribution in [2.75, 3.05) is 0 Å². The molecular weight excluding hydrogens is 252 g/mol. The van der Waals surface area contributed by atoms with Crippen LogP contribution in [0.15, 0.2) is 24.4 Å². The van der Waals surface area contributed by atoms with Gasteiger partial charge in [0, 0.05) is 12.2 Å². The van der Waals surface area contributed by atoms with Gasteiger partial charge in [0.25, 0.3) is 0 Å². The number of halogens is 2. The normalized spacial score (nSPS) is 12.4. The molecule has 0 aliphatic heterocycles. The predicted octanol–water partition coefficient (Wildman–Crippen LogP) is 2.29. The van der Waals surface area contributed by atoms with Crippen molar-refractivity contribution >= 4 is 16.7 Å². The highest BCUT2D eigenvalue weighted by Crippen LogP contribution is 2.21. The molecule has 5 nitrogen and oxygen atoms in total. The third-order valence-corrected chi connectivity index (χ3v) is 2.72. The highest BCUT2D eigenvalue weighted by atomic mass is 19.1. The van der Waals surface area contributed by atoms with Crippen LogP contribution in [0.5, 0.6) is 0 Å². The van der Waals surface area contributed by atoms with Crippen molar-refractivity contribution in [1.29, 1.82) is 5.41 Å². The number of aromatic nitrogens is 3. The van der Waals surface area contributed by atoms with E-state index in [1.54, 1.807) is 4.57 Å². The topological polar surface area (TPSA) is 80.6 Å². The lowest BCUT2D eigenvalue weighted by Crippen LogP contribution is -2.07. The van der Waals surface area contributed by atoms with Crippen molar-refractivity contribution in [3.05, 3.63) is 36.1 Å². The molecule has 2 heterocycles. The SMILES string of the molecule is CC(C)n1cnc2c(F)nc(C(=N)/C(F)=C\N)cc21. The first-order valence-electron chi connectivity index (χ1n) is 5.65. The van der Waals surface area contributed by atoms with Crippen LogP contribution < -0.4 is 5.73 Å². The number of allylic oxidation sites excluding steroid dienone is 1. The van der Waals surface area contributed by atoms with Crippen molar-refractivity contribution in [1.82, 2.24) is 14.5 Å². The zero-order valence-corrected chi connectivity index (χ0v) is 10.5. The van der Waals surface area contributed by atoms with E-state index in [0.717, 1.165) is 0 Å². The highest BCUT2D eigenvalue weighted by Gasteiger charge is 2.16. The van der Waals surface area contributed by atoms with Gasteiger partial charge in [0.1, 0.15) is 11.2 Å². The Hall–Kier alpha value is -2.31. The van der Waals surface area contributed by atoms with Gasteiger partial charge in [0.2, 0.25) is 5.95 Å². The fourth-order valence-corrected chi connectivity index (χ4v) is 1.74. The fraction of sp³-hybridized carbons (Fsp3) is 0.250. The molecule has 0 bridgehead atoms. The van der Waals surface area contributed by atoms with Crippen LogP contribution in [0.3, 0.4) is 0 Å². The number of nitrogens with one attached hydrogen (secondary N) is 1. The Labute approximate surface area is 108 Å². The van der Waals surface area contributed by atoms with Crippen molar-refractivity contribution in [2.45, 2.75) is 19.9 Å². The number of nitrogens with two attached hydrogens (primary N) is 1. The summed E-state index contributed by atoms with van der Waals surface area (Å²) in [7, 11) is 0. The lowest BCUT2D eigenvalue weighted by molar-refractivity contribution is 0.591. The first-order valence-corrected chi connectivity index (χ1v) is 5.65. The van der Waals surface area contributed by atoms with Crippen LogP contribution in [-0.4, -0.2) is 20.2 Å². The van der Waals surface area contributed by atoms with Gasteiger partial charge in [-0.2, -0.15) is 4.39 Å². The number of nitrogens with zero attached hydrogens (tertiary/aromatic N) is 3. The number of hydrogen-bond donors (Lipinski definition) is 2. The third-order valence-electron chi connectivity index (χ3n) is 2.72. The van der Waals surface area contributed by atoms with Gasteiger partial charge < -0.3 is 10.3 Å². The van der Waals surface area contributed by atoms with Crippen LogP contribution >= 0.6 is 0 Å². The van der Waals surface area contributed by atoms with Gasteiger partial charge in [-0.15, -0.1) is 0 Å². The van der Waals surface area contributed by atoms with Gasteiger partial charge in [0.05, 0.1) is 17.5 Å². The summed E-state index contributed by atoms with van der Waals surface area (Å²) in [4.78, 5) is 7.47. The molecule has 0 fully saturated rings. The van der Waals surface area contributed by atoms with Crippen LogP contribution in [-0.2, 0) is 0 Å². The Morgan fingerprint density at radius 2 is 2.21 bits per heavy atom. The summed E-state index contributed by atoms with van der Waals surface area (Å²) in [6, 6.07) is 1.49. The molecule has 7 heteroatoms. The standard InChI is InChI=1S/C12H13F2N5/c1-6(2)19-5-17-11-9(19)3-8(18-12(11)14)10(16)7(13)4-15/h3-6,16H,15H2,1-2H3/b7-4+,16-10?. The summed E-state index contributed by atoms with van der Waals surface area (Å²) in [5, 5.41) is 7.56. The molecule has 0 aliphatic carbocycles. The van der Waals surface area contributed by atoms with Gasteiger partial charge in [0.15, 0.2) is 5.83 Å². The van der Waals surface area contributed by atoms with Gasteiger partial charge >= 0.3 is 0 Å². The molecule has 0 atom stereocenters. The summed E-state index contributed by atoms with van der Waals surface area (Å²) in [5.74, 6) is -1.79. The Bertz CT molecular complexity index is 672. The number of fused-ring (bicyclic) bond motifs is 1. The maximum Gasteiger partial charge on any atom is 0.241 e. The van der Waals surface area contributed by atoms with E-state index in [2.05, 4.69) is 9.97 Å². The summed E-state index contributed by atoms with van der Waals surface area (Å²) in [6.45, 7) is 3.82. The number of hydrogen-bond acceptors (Lipinski definition) is 4. The minimum absolute atomic E-state index is 0.0590. The molecule has 100 valence electrons. The van der Waals surface area contributed by atoms with E-state index < -0.39 is 17.5 Å². The monoisotopic (exact) mass is 265 g/mol.